The minimum atomic E-state index is -0.0904. The van der Waals surface area contributed by atoms with Crippen molar-refractivity contribution in [1.29, 1.82) is 0 Å². The molecule has 3 heteroatoms. The van der Waals surface area contributed by atoms with Crippen molar-refractivity contribution in [3.63, 3.8) is 0 Å². The van der Waals surface area contributed by atoms with Crippen LogP contribution in [0.3, 0.4) is 0 Å². The summed E-state index contributed by atoms with van der Waals surface area (Å²) in [7, 11) is 0. The highest BCUT2D eigenvalue weighted by atomic mass is 19.1. The number of rotatable bonds is 7. The lowest BCUT2D eigenvalue weighted by Gasteiger charge is -2.25. The van der Waals surface area contributed by atoms with Crippen molar-refractivity contribution >= 4 is 0 Å². The molecule has 1 fully saturated rings. The quantitative estimate of drug-likeness (QED) is 0.820. The van der Waals surface area contributed by atoms with Crippen LogP contribution in [0.5, 0.6) is 0 Å². The molecule has 1 aromatic rings. The van der Waals surface area contributed by atoms with Crippen molar-refractivity contribution in [2.45, 2.75) is 39.2 Å². The van der Waals surface area contributed by atoms with Crippen LogP contribution >= 0.6 is 0 Å². The van der Waals surface area contributed by atoms with E-state index in [0.29, 0.717) is 0 Å². The second kappa shape index (κ2) is 7.75. The molecule has 2 nitrogen and oxygen atoms in total. The molecule has 2 unspecified atom stereocenters. The summed E-state index contributed by atoms with van der Waals surface area (Å²) in [5.74, 6) is 0.731. The fourth-order valence-electron chi connectivity index (χ4n) is 3.02. The molecule has 2 rings (SSSR count). The van der Waals surface area contributed by atoms with E-state index < -0.39 is 0 Å². The van der Waals surface area contributed by atoms with E-state index in [2.05, 4.69) is 24.1 Å². The van der Waals surface area contributed by atoms with Gasteiger partial charge < -0.3 is 10.2 Å². The Morgan fingerprint density at radius 2 is 2.15 bits per heavy atom. The molecular weight excluding hydrogens is 251 g/mol. The summed E-state index contributed by atoms with van der Waals surface area (Å²) in [6.07, 6.45) is 3.61. The van der Waals surface area contributed by atoms with Gasteiger partial charge in [0.25, 0.3) is 0 Å². The molecule has 20 heavy (non-hydrogen) atoms. The van der Waals surface area contributed by atoms with Gasteiger partial charge in [-0.2, -0.15) is 0 Å². The minimum absolute atomic E-state index is 0.0904. The fraction of sp³-hybridized carbons (Fsp3) is 0.647. The lowest BCUT2D eigenvalue weighted by molar-refractivity contribution is 0.278. The molecule has 112 valence electrons. The third-order valence-electron chi connectivity index (χ3n) is 4.31. The SMILES string of the molecule is CCCNC(CN1CCC(CC)C1)c1ccccc1F. The summed E-state index contributed by atoms with van der Waals surface area (Å²) in [4.78, 5) is 2.48. The summed E-state index contributed by atoms with van der Waals surface area (Å²) >= 11 is 0. The molecule has 1 aliphatic heterocycles. The number of halogens is 1. The molecule has 0 saturated carbocycles. The van der Waals surface area contributed by atoms with Gasteiger partial charge in [0.1, 0.15) is 5.82 Å². The van der Waals surface area contributed by atoms with Gasteiger partial charge in [-0.15, -0.1) is 0 Å². The number of nitrogens with zero attached hydrogens (tertiary/aromatic N) is 1. The van der Waals surface area contributed by atoms with E-state index in [1.165, 1.54) is 12.8 Å². The van der Waals surface area contributed by atoms with Crippen molar-refractivity contribution in [3.8, 4) is 0 Å². The third-order valence-corrected chi connectivity index (χ3v) is 4.31. The van der Waals surface area contributed by atoms with Gasteiger partial charge in [0.05, 0.1) is 0 Å². The van der Waals surface area contributed by atoms with Gasteiger partial charge in [-0.05, 0) is 37.9 Å². The van der Waals surface area contributed by atoms with Crippen LogP contribution in [0, 0.1) is 11.7 Å². The highest BCUT2D eigenvalue weighted by molar-refractivity contribution is 5.21. The van der Waals surface area contributed by atoms with E-state index in [4.69, 9.17) is 0 Å². The normalized spacial score (nSPS) is 21.2. The van der Waals surface area contributed by atoms with Crippen molar-refractivity contribution in [1.82, 2.24) is 10.2 Å². The maximum atomic E-state index is 14.0. The average Bonchev–Trinajstić information content (AvgIpc) is 2.92. The van der Waals surface area contributed by atoms with Crippen LogP contribution in [0.1, 0.15) is 44.7 Å². The van der Waals surface area contributed by atoms with E-state index in [1.807, 2.05) is 12.1 Å². The molecule has 0 aromatic heterocycles. The third kappa shape index (κ3) is 4.03. The molecule has 0 amide bonds. The Labute approximate surface area is 122 Å². The molecule has 0 spiro atoms. The fourth-order valence-corrected chi connectivity index (χ4v) is 3.02. The van der Waals surface area contributed by atoms with Crippen LogP contribution in [0.2, 0.25) is 0 Å². The number of likely N-dealkylation sites (tertiary alicyclic amines) is 1. The minimum Gasteiger partial charge on any atom is -0.309 e. The van der Waals surface area contributed by atoms with E-state index in [-0.39, 0.29) is 11.9 Å². The maximum absolute atomic E-state index is 14.0. The van der Waals surface area contributed by atoms with Crippen LogP contribution < -0.4 is 5.32 Å². The van der Waals surface area contributed by atoms with Crippen LogP contribution in [0.4, 0.5) is 4.39 Å². The topological polar surface area (TPSA) is 15.3 Å². The van der Waals surface area contributed by atoms with Crippen LogP contribution in [-0.4, -0.2) is 31.1 Å². The molecule has 0 radical (unpaired) electrons. The molecule has 1 aliphatic rings. The zero-order chi connectivity index (χ0) is 14.4. The van der Waals surface area contributed by atoms with E-state index in [1.54, 1.807) is 12.1 Å². The predicted molar refractivity (Wildman–Crippen MR) is 82.3 cm³/mol. The summed E-state index contributed by atoms with van der Waals surface area (Å²) in [6.45, 7) is 8.57. The highest BCUT2D eigenvalue weighted by Crippen LogP contribution is 2.23. The summed E-state index contributed by atoms with van der Waals surface area (Å²) < 4.78 is 14.0. The van der Waals surface area contributed by atoms with Gasteiger partial charge in [-0.25, -0.2) is 4.39 Å². The van der Waals surface area contributed by atoms with Gasteiger partial charge in [-0.3, -0.25) is 0 Å². The monoisotopic (exact) mass is 278 g/mol. The molecule has 1 aromatic carbocycles. The second-order valence-corrected chi connectivity index (χ2v) is 5.85. The Balaban J connectivity index is 2.02. The lowest BCUT2D eigenvalue weighted by atomic mass is 10.1. The summed E-state index contributed by atoms with van der Waals surface area (Å²) in [5.41, 5.74) is 0.806. The molecule has 1 N–H and O–H groups in total. The molecular formula is C17H27FN2. The average molecular weight is 278 g/mol. The largest absolute Gasteiger partial charge is 0.309 e. The van der Waals surface area contributed by atoms with Crippen molar-refractivity contribution in [2.75, 3.05) is 26.2 Å². The Morgan fingerprint density at radius 3 is 2.80 bits per heavy atom. The van der Waals surface area contributed by atoms with Gasteiger partial charge in [0.2, 0.25) is 0 Å². The van der Waals surface area contributed by atoms with Crippen LogP contribution in [0.25, 0.3) is 0 Å². The van der Waals surface area contributed by atoms with Crippen molar-refractivity contribution in [3.05, 3.63) is 35.6 Å². The maximum Gasteiger partial charge on any atom is 0.128 e. The van der Waals surface area contributed by atoms with Gasteiger partial charge >= 0.3 is 0 Å². The predicted octanol–water partition coefficient (Wildman–Crippen LogP) is 3.60. The first-order valence-electron chi connectivity index (χ1n) is 7.94. The molecule has 1 saturated heterocycles. The Morgan fingerprint density at radius 1 is 1.35 bits per heavy atom. The van der Waals surface area contributed by atoms with Gasteiger partial charge in [0.15, 0.2) is 0 Å². The Bertz CT molecular complexity index is 408. The van der Waals surface area contributed by atoms with E-state index in [0.717, 1.165) is 44.1 Å². The zero-order valence-corrected chi connectivity index (χ0v) is 12.7. The smallest absolute Gasteiger partial charge is 0.128 e. The second-order valence-electron chi connectivity index (χ2n) is 5.85. The molecule has 1 heterocycles. The number of benzene rings is 1. The zero-order valence-electron chi connectivity index (χ0n) is 12.7. The Hall–Kier alpha value is -0.930. The van der Waals surface area contributed by atoms with Crippen LogP contribution in [0.15, 0.2) is 24.3 Å². The number of nitrogens with one attached hydrogen (secondary N) is 1. The molecule has 0 bridgehead atoms. The van der Waals surface area contributed by atoms with Gasteiger partial charge in [0, 0.05) is 24.7 Å². The highest BCUT2D eigenvalue weighted by Gasteiger charge is 2.24. The van der Waals surface area contributed by atoms with Crippen molar-refractivity contribution in [2.24, 2.45) is 5.92 Å². The van der Waals surface area contributed by atoms with Gasteiger partial charge in [-0.1, -0.05) is 38.5 Å². The van der Waals surface area contributed by atoms with Crippen molar-refractivity contribution < 1.29 is 4.39 Å². The first kappa shape index (κ1) is 15.5. The summed E-state index contributed by atoms with van der Waals surface area (Å²) in [5, 5.41) is 3.50. The number of hydrogen-bond acceptors (Lipinski definition) is 2. The number of hydrogen-bond donors (Lipinski definition) is 1. The molecule has 0 aliphatic carbocycles. The van der Waals surface area contributed by atoms with E-state index >= 15 is 0 Å². The van der Waals surface area contributed by atoms with E-state index in [9.17, 15) is 4.39 Å². The van der Waals surface area contributed by atoms with Crippen LogP contribution in [-0.2, 0) is 0 Å². The lowest BCUT2D eigenvalue weighted by Crippen LogP contribution is -2.35. The first-order chi connectivity index (χ1) is 9.74. The first-order valence-corrected chi connectivity index (χ1v) is 7.94. The standard InChI is InChI=1S/C17H27FN2/c1-3-10-19-17(15-7-5-6-8-16(15)18)13-20-11-9-14(4-2)12-20/h5-8,14,17,19H,3-4,9-13H2,1-2H3. The Kier molecular flexibility index (Phi) is 5.99. The summed E-state index contributed by atoms with van der Waals surface area (Å²) in [6, 6.07) is 7.27. The molecule has 2 atom stereocenters.